The zero-order chi connectivity index (χ0) is 12.3. The van der Waals surface area contributed by atoms with Crippen LogP contribution in [0, 0.1) is 12.3 Å². The molecule has 1 aromatic carbocycles. The number of halogens is 1. The summed E-state index contributed by atoms with van der Waals surface area (Å²) in [6, 6.07) is 6.15. The molecule has 2 N–H and O–H groups in total. The molecule has 0 saturated carbocycles. The Kier molecular flexibility index (Phi) is 4.40. The van der Waals surface area contributed by atoms with Crippen LogP contribution in [0.2, 0.25) is 5.02 Å². The Balaban J connectivity index is 2.69. The highest BCUT2D eigenvalue weighted by atomic mass is 35.5. The van der Waals surface area contributed by atoms with Crippen molar-refractivity contribution in [2.24, 2.45) is 11.1 Å². The van der Waals surface area contributed by atoms with E-state index in [0.29, 0.717) is 5.41 Å². The summed E-state index contributed by atoms with van der Waals surface area (Å²) in [4.78, 5) is 0. The summed E-state index contributed by atoms with van der Waals surface area (Å²) < 4.78 is 0. The third-order valence-corrected chi connectivity index (χ3v) is 2.92. The quantitative estimate of drug-likeness (QED) is 0.827. The fourth-order valence-electron chi connectivity index (χ4n) is 1.73. The van der Waals surface area contributed by atoms with Crippen molar-refractivity contribution in [1.29, 1.82) is 0 Å². The van der Waals surface area contributed by atoms with Gasteiger partial charge < -0.3 is 5.73 Å². The molecule has 0 heterocycles. The van der Waals surface area contributed by atoms with E-state index in [0.717, 1.165) is 23.4 Å². The van der Waals surface area contributed by atoms with Gasteiger partial charge in [0.1, 0.15) is 0 Å². The number of aryl methyl sites for hydroxylation is 1. The average Bonchev–Trinajstić information content (AvgIpc) is 2.11. The highest BCUT2D eigenvalue weighted by Crippen LogP contribution is 2.27. The minimum atomic E-state index is 0.0941. The summed E-state index contributed by atoms with van der Waals surface area (Å²) in [7, 11) is 0. The molecule has 0 bridgehead atoms. The minimum absolute atomic E-state index is 0.0941. The van der Waals surface area contributed by atoms with Gasteiger partial charge in [-0.05, 0) is 48.4 Å². The smallest absolute Gasteiger partial charge is 0.0411 e. The maximum absolute atomic E-state index is 6.18. The number of nitrogens with two attached hydrogens (primary N) is 1. The molecule has 90 valence electrons. The molecule has 0 amide bonds. The predicted molar refractivity (Wildman–Crippen MR) is 71.8 cm³/mol. The van der Waals surface area contributed by atoms with Gasteiger partial charge in [0.15, 0.2) is 0 Å². The van der Waals surface area contributed by atoms with E-state index in [-0.39, 0.29) is 6.04 Å². The Hall–Kier alpha value is -0.530. The molecular formula is C14H22ClN. The second kappa shape index (κ2) is 5.20. The van der Waals surface area contributed by atoms with Crippen molar-refractivity contribution in [2.45, 2.75) is 46.6 Å². The van der Waals surface area contributed by atoms with Crippen LogP contribution in [0.3, 0.4) is 0 Å². The zero-order valence-electron chi connectivity index (χ0n) is 10.7. The number of hydrogen-bond donors (Lipinski definition) is 1. The van der Waals surface area contributed by atoms with Crippen LogP contribution >= 0.6 is 11.6 Å². The van der Waals surface area contributed by atoms with Gasteiger partial charge in [-0.1, -0.05) is 38.4 Å². The molecule has 0 saturated heterocycles. The van der Waals surface area contributed by atoms with Crippen molar-refractivity contribution in [1.82, 2.24) is 0 Å². The number of hydrogen-bond acceptors (Lipinski definition) is 1. The fraction of sp³-hybridized carbons (Fsp3) is 0.571. The largest absolute Gasteiger partial charge is 0.324 e. The molecule has 1 aromatic rings. The van der Waals surface area contributed by atoms with Crippen molar-refractivity contribution in [3.63, 3.8) is 0 Å². The zero-order valence-corrected chi connectivity index (χ0v) is 11.4. The average molecular weight is 240 g/mol. The standard InChI is InChI=1S/C14H22ClN/c1-10-7-11(9-12(15)8-10)13(16)5-6-14(2,3)4/h7-9,13H,5-6,16H2,1-4H3. The van der Waals surface area contributed by atoms with Crippen molar-refractivity contribution in [3.8, 4) is 0 Å². The van der Waals surface area contributed by atoms with Gasteiger partial charge in [0, 0.05) is 11.1 Å². The number of rotatable bonds is 3. The third-order valence-electron chi connectivity index (χ3n) is 2.70. The second-order valence-electron chi connectivity index (χ2n) is 5.77. The highest BCUT2D eigenvalue weighted by Gasteiger charge is 2.14. The maximum Gasteiger partial charge on any atom is 0.0411 e. The van der Waals surface area contributed by atoms with E-state index in [1.165, 1.54) is 5.56 Å². The molecule has 16 heavy (non-hydrogen) atoms. The molecule has 0 aromatic heterocycles. The molecule has 1 atom stereocenters. The molecule has 1 unspecified atom stereocenters. The van der Waals surface area contributed by atoms with Crippen LogP contribution in [0.4, 0.5) is 0 Å². The van der Waals surface area contributed by atoms with Gasteiger partial charge in [-0.25, -0.2) is 0 Å². The molecule has 1 rings (SSSR count). The van der Waals surface area contributed by atoms with E-state index in [1.807, 2.05) is 19.1 Å². The SMILES string of the molecule is Cc1cc(Cl)cc(C(N)CCC(C)(C)C)c1. The Morgan fingerprint density at radius 3 is 2.38 bits per heavy atom. The third kappa shape index (κ3) is 4.54. The summed E-state index contributed by atoms with van der Waals surface area (Å²) in [6.07, 6.45) is 2.13. The van der Waals surface area contributed by atoms with Gasteiger partial charge in [0.25, 0.3) is 0 Å². The van der Waals surface area contributed by atoms with E-state index >= 15 is 0 Å². The van der Waals surface area contributed by atoms with Crippen LogP contribution in [-0.2, 0) is 0 Å². The predicted octanol–water partition coefficient (Wildman–Crippen LogP) is 4.47. The lowest BCUT2D eigenvalue weighted by Crippen LogP contribution is -2.14. The van der Waals surface area contributed by atoms with Crippen molar-refractivity contribution in [3.05, 3.63) is 34.3 Å². The maximum atomic E-state index is 6.18. The monoisotopic (exact) mass is 239 g/mol. The Morgan fingerprint density at radius 1 is 1.25 bits per heavy atom. The van der Waals surface area contributed by atoms with Crippen LogP contribution in [0.25, 0.3) is 0 Å². The van der Waals surface area contributed by atoms with Gasteiger partial charge in [0.05, 0.1) is 0 Å². The highest BCUT2D eigenvalue weighted by molar-refractivity contribution is 6.30. The van der Waals surface area contributed by atoms with Crippen molar-refractivity contribution < 1.29 is 0 Å². The van der Waals surface area contributed by atoms with Gasteiger partial charge in [-0.15, -0.1) is 0 Å². The molecular weight excluding hydrogens is 218 g/mol. The van der Waals surface area contributed by atoms with E-state index < -0.39 is 0 Å². The summed E-state index contributed by atoms with van der Waals surface area (Å²) in [5.74, 6) is 0. The van der Waals surface area contributed by atoms with E-state index in [9.17, 15) is 0 Å². The molecule has 2 heteroatoms. The molecule has 1 nitrogen and oxygen atoms in total. The molecule has 0 fully saturated rings. The fourth-order valence-corrected chi connectivity index (χ4v) is 2.03. The van der Waals surface area contributed by atoms with Gasteiger partial charge in [0.2, 0.25) is 0 Å². The van der Waals surface area contributed by atoms with Crippen molar-refractivity contribution in [2.75, 3.05) is 0 Å². The van der Waals surface area contributed by atoms with E-state index in [2.05, 4.69) is 26.8 Å². The van der Waals surface area contributed by atoms with E-state index in [4.69, 9.17) is 17.3 Å². The first kappa shape index (κ1) is 13.5. The minimum Gasteiger partial charge on any atom is -0.324 e. The summed E-state index contributed by atoms with van der Waals surface area (Å²) in [6.45, 7) is 8.76. The Labute approximate surface area is 104 Å². The lowest BCUT2D eigenvalue weighted by atomic mass is 9.87. The summed E-state index contributed by atoms with van der Waals surface area (Å²) in [5, 5.41) is 0.779. The lowest BCUT2D eigenvalue weighted by Gasteiger charge is -2.21. The normalized spacial score (nSPS) is 13.9. The molecule has 0 aliphatic heterocycles. The first-order valence-corrected chi connectivity index (χ1v) is 6.18. The number of benzene rings is 1. The summed E-state index contributed by atoms with van der Waals surface area (Å²) >= 11 is 6.03. The molecule has 0 aliphatic rings. The van der Waals surface area contributed by atoms with Gasteiger partial charge >= 0.3 is 0 Å². The molecule has 0 aliphatic carbocycles. The van der Waals surface area contributed by atoms with Crippen LogP contribution in [0.1, 0.15) is 50.8 Å². The first-order valence-electron chi connectivity index (χ1n) is 5.80. The van der Waals surface area contributed by atoms with Crippen LogP contribution < -0.4 is 5.73 Å². The second-order valence-corrected chi connectivity index (χ2v) is 6.20. The Morgan fingerprint density at radius 2 is 1.88 bits per heavy atom. The molecule has 0 radical (unpaired) electrons. The molecule has 0 spiro atoms. The van der Waals surface area contributed by atoms with Gasteiger partial charge in [-0.2, -0.15) is 0 Å². The van der Waals surface area contributed by atoms with Crippen molar-refractivity contribution >= 4 is 11.6 Å². The Bertz CT molecular complexity index is 332. The topological polar surface area (TPSA) is 26.0 Å². The lowest BCUT2D eigenvalue weighted by molar-refractivity contribution is 0.350. The van der Waals surface area contributed by atoms with E-state index in [1.54, 1.807) is 0 Å². The van der Waals surface area contributed by atoms with Crippen LogP contribution in [-0.4, -0.2) is 0 Å². The van der Waals surface area contributed by atoms with Crippen LogP contribution in [0.15, 0.2) is 18.2 Å². The van der Waals surface area contributed by atoms with Gasteiger partial charge in [-0.3, -0.25) is 0 Å². The summed E-state index contributed by atoms with van der Waals surface area (Å²) in [5.41, 5.74) is 8.84. The van der Waals surface area contributed by atoms with Crippen LogP contribution in [0.5, 0.6) is 0 Å². The first-order chi connectivity index (χ1) is 7.28.